The molecule has 1 aromatic carbocycles. The largest absolute Gasteiger partial charge is 0.349 e. The first-order valence-corrected chi connectivity index (χ1v) is 10.6. The van der Waals surface area contributed by atoms with Crippen molar-refractivity contribution in [3.05, 3.63) is 46.7 Å². The van der Waals surface area contributed by atoms with Gasteiger partial charge in [0.1, 0.15) is 0 Å². The lowest BCUT2D eigenvalue weighted by atomic mass is 9.95. The van der Waals surface area contributed by atoms with Gasteiger partial charge >= 0.3 is 0 Å². The number of rotatable bonds is 5. The lowest BCUT2D eigenvalue weighted by Gasteiger charge is -2.32. The van der Waals surface area contributed by atoms with Crippen LogP contribution in [0.1, 0.15) is 37.6 Å². The van der Waals surface area contributed by atoms with Gasteiger partial charge in [-0.2, -0.15) is 0 Å². The number of hydrogen-bond donors (Lipinski definition) is 1. The number of hydrogen-bond acceptors (Lipinski definition) is 4. The molecule has 4 rings (SSSR count). The van der Waals surface area contributed by atoms with Crippen molar-refractivity contribution in [1.82, 2.24) is 14.9 Å². The molecule has 0 spiro atoms. The minimum atomic E-state index is 0.0832. The summed E-state index contributed by atoms with van der Waals surface area (Å²) in [4.78, 5) is 21.0. The predicted molar refractivity (Wildman–Crippen MR) is 111 cm³/mol. The predicted octanol–water partition coefficient (Wildman–Crippen LogP) is 4.21. The van der Waals surface area contributed by atoms with Crippen LogP contribution in [-0.2, 0) is 11.3 Å². The minimum Gasteiger partial charge on any atom is -0.349 e. The molecule has 6 heteroatoms. The molecule has 0 saturated carbocycles. The standard InChI is InChI=1S/C21H26N4OS/c1-3-25-18-8-5-4-7-17(18)23-21(25)24-12-10-16(11-13-24)20(26)22-15(2)19-9-6-14-27-19/h4-9,14-16H,3,10-13H2,1-2H3,(H,22,26)/t15-/m0/s1. The van der Waals surface area contributed by atoms with Crippen molar-refractivity contribution in [3.8, 4) is 0 Å². The second kappa shape index (κ2) is 7.72. The Bertz CT molecular complexity index is 910. The molecule has 0 aliphatic carbocycles. The summed E-state index contributed by atoms with van der Waals surface area (Å²) in [7, 11) is 0. The van der Waals surface area contributed by atoms with E-state index in [1.54, 1.807) is 11.3 Å². The van der Waals surface area contributed by atoms with Crippen LogP contribution in [0.25, 0.3) is 11.0 Å². The fourth-order valence-corrected chi connectivity index (χ4v) is 4.63. The third kappa shape index (κ3) is 3.58. The molecule has 0 bridgehead atoms. The Balaban J connectivity index is 1.41. The van der Waals surface area contributed by atoms with Gasteiger partial charge in [-0.3, -0.25) is 4.79 Å². The number of amides is 1. The average Bonchev–Trinajstić information content (AvgIpc) is 3.35. The summed E-state index contributed by atoms with van der Waals surface area (Å²) in [6.07, 6.45) is 1.74. The molecule has 0 unspecified atom stereocenters. The summed E-state index contributed by atoms with van der Waals surface area (Å²) >= 11 is 1.69. The van der Waals surface area contributed by atoms with Crippen molar-refractivity contribution in [2.24, 2.45) is 5.92 Å². The second-order valence-electron chi connectivity index (χ2n) is 7.15. The van der Waals surface area contributed by atoms with Crippen LogP contribution in [-0.4, -0.2) is 28.5 Å². The highest BCUT2D eigenvalue weighted by atomic mass is 32.1. The Hall–Kier alpha value is -2.34. The zero-order chi connectivity index (χ0) is 18.8. The number of aromatic nitrogens is 2. The van der Waals surface area contributed by atoms with Gasteiger partial charge in [0.05, 0.1) is 17.1 Å². The van der Waals surface area contributed by atoms with E-state index in [4.69, 9.17) is 4.98 Å². The van der Waals surface area contributed by atoms with Gasteiger partial charge in [-0.15, -0.1) is 11.3 Å². The summed E-state index contributed by atoms with van der Waals surface area (Å²) in [5, 5.41) is 5.23. The maximum atomic E-state index is 12.7. The molecule has 27 heavy (non-hydrogen) atoms. The van der Waals surface area contributed by atoms with Crippen molar-refractivity contribution >= 4 is 34.2 Å². The molecule has 1 N–H and O–H groups in total. The van der Waals surface area contributed by atoms with Crippen molar-refractivity contribution in [3.63, 3.8) is 0 Å². The van der Waals surface area contributed by atoms with E-state index in [1.807, 2.05) is 12.1 Å². The van der Waals surface area contributed by atoms with Crippen LogP contribution in [0.4, 0.5) is 5.95 Å². The number of nitrogens with zero attached hydrogens (tertiary/aromatic N) is 3. The molecular formula is C21H26N4OS. The normalized spacial score (nSPS) is 16.6. The Morgan fingerprint density at radius 2 is 2.04 bits per heavy atom. The lowest BCUT2D eigenvalue weighted by Crippen LogP contribution is -2.42. The topological polar surface area (TPSA) is 50.2 Å². The summed E-state index contributed by atoms with van der Waals surface area (Å²) in [5.41, 5.74) is 2.22. The number of fused-ring (bicyclic) bond motifs is 1. The molecule has 1 aliphatic heterocycles. The van der Waals surface area contributed by atoms with E-state index < -0.39 is 0 Å². The van der Waals surface area contributed by atoms with Crippen molar-refractivity contribution < 1.29 is 4.79 Å². The highest BCUT2D eigenvalue weighted by molar-refractivity contribution is 7.10. The molecule has 1 amide bonds. The van der Waals surface area contributed by atoms with Crippen LogP contribution < -0.4 is 10.2 Å². The average molecular weight is 383 g/mol. The SMILES string of the molecule is CCn1c(N2CCC(C(=O)N[C@@H](C)c3cccs3)CC2)nc2ccccc21. The van der Waals surface area contributed by atoms with Gasteiger partial charge in [0.15, 0.2) is 0 Å². The first-order valence-electron chi connectivity index (χ1n) is 9.71. The molecule has 2 aromatic heterocycles. The number of benzene rings is 1. The van der Waals surface area contributed by atoms with E-state index >= 15 is 0 Å². The van der Waals surface area contributed by atoms with Gasteiger partial charge in [-0.05, 0) is 50.3 Å². The summed E-state index contributed by atoms with van der Waals surface area (Å²) in [6, 6.07) is 12.5. The number of anilines is 1. The van der Waals surface area contributed by atoms with E-state index in [-0.39, 0.29) is 17.9 Å². The van der Waals surface area contributed by atoms with Gasteiger partial charge in [-0.1, -0.05) is 18.2 Å². The van der Waals surface area contributed by atoms with Crippen molar-refractivity contribution in [2.45, 2.75) is 39.3 Å². The molecule has 1 aliphatic rings. The number of thiophene rings is 1. The first-order chi connectivity index (χ1) is 13.2. The summed E-state index contributed by atoms with van der Waals surface area (Å²) in [6.45, 7) is 6.85. The summed E-state index contributed by atoms with van der Waals surface area (Å²) < 4.78 is 2.27. The lowest BCUT2D eigenvalue weighted by molar-refractivity contribution is -0.126. The molecule has 1 saturated heterocycles. The molecule has 0 radical (unpaired) electrons. The molecule has 1 fully saturated rings. The Morgan fingerprint density at radius 1 is 1.26 bits per heavy atom. The molecule has 5 nitrogen and oxygen atoms in total. The second-order valence-corrected chi connectivity index (χ2v) is 8.13. The zero-order valence-corrected chi connectivity index (χ0v) is 16.7. The van der Waals surface area contributed by atoms with Gasteiger partial charge < -0.3 is 14.8 Å². The molecule has 142 valence electrons. The molecule has 3 aromatic rings. The number of carbonyl (C=O) groups excluding carboxylic acids is 1. The number of imidazole rings is 1. The maximum absolute atomic E-state index is 12.7. The van der Waals surface area contributed by atoms with Crippen LogP contribution in [0, 0.1) is 5.92 Å². The van der Waals surface area contributed by atoms with Crippen molar-refractivity contribution in [1.29, 1.82) is 0 Å². The van der Waals surface area contributed by atoms with E-state index in [9.17, 15) is 4.79 Å². The monoisotopic (exact) mass is 382 g/mol. The molecule has 3 heterocycles. The fourth-order valence-electron chi connectivity index (χ4n) is 3.90. The van der Waals surface area contributed by atoms with Crippen LogP contribution in [0.3, 0.4) is 0 Å². The number of para-hydroxylation sites is 2. The van der Waals surface area contributed by atoms with E-state index in [1.165, 1.54) is 10.4 Å². The fraction of sp³-hybridized carbons (Fsp3) is 0.429. The van der Waals surface area contributed by atoms with Crippen LogP contribution in [0.2, 0.25) is 0 Å². The van der Waals surface area contributed by atoms with Gasteiger partial charge in [0.2, 0.25) is 11.9 Å². The third-order valence-corrected chi connectivity index (χ3v) is 6.48. The first kappa shape index (κ1) is 18.0. The van der Waals surface area contributed by atoms with Crippen LogP contribution in [0.5, 0.6) is 0 Å². The van der Waals surface area contributed by atoms with E-state index in [0.717, 1.165) is 43.9 Å². The molecule has 1 atom stereocenters. The molecular weight excluding hydrogens is 356 g/mol. The van der Waals surface area contributed by atoms with Crippen molar-refractivity contribution in [2.75, 3.05) is 18.0 Å². The smallest absolute Gasteiger partial charge is 0.223 e. The van der Waals surface area contributed by atoms with Crippen LogP contribution in [0.15, 0.2) is 41.8 Å². The van der Waals surface area contributed by atoms with Crippen LogP contribution >= 0.6 is 11.3 Å². The zero-order valence-electron chi connectivity index (χ0n) is 15.9. The van der Waals surface area contributed by atoms with Gasteiger partial charge in [-0.25, -0.2) is 4.98 Å². The number of carbonyl (C=O) groups is 1. The highest BCUT2D eigenvalue weighted by Crippen LogP contribution is 2.27. The number of aryl methyl sites for hydroxylation is 1. The Kier molecular flexibility index (Phi) is 5.16. The number of nitrogens with one attached hydrogen (secondary N) is 1. The quantitative estimate of drug-likeness (QED) is 0.719. The highest BCUT2D eigenvalue weighted by Gasteiger charge is 2.28. The number of piperidine rings is 1. The van der Waals surface area contributed by atoms with E-state index in [2.05, 4.69) is 58.3 Å². The van der Waals surface area contributed by atoms with E-state index in [0.29, 0.717) is 0 Å². The minimum absolute atomic E-state index is 0.0832. The van der Waals surface area contributed by atoms with Gasteiger partial charge in [0.25, 0.3) is 0 Å². The third-order valence-electron chi connectivity index (χ3n) is 5.43. The summed E-state index contributed by atoms with van der Waals surface area (Å²) in [5.74, 6) is 1.30. The Labute approximate surface area is 164 Å². The maximum Gasteiger partial charge on any atom is 0.223 e. The Morgan fingerprint density at radius 3 is 2.74 bits per heavy atom. The van der Waals surface area contributed by atoms with Gasteiger partial charge in [0, 0.05) is 30.4 Å².